The lowest BCUT2D eigenvalue weighted by molar-refractivity contribution is -0.130. The third-order valence-corrected chi connectivity index (χ3v) is 5.29. The average molecular weight is 396 g/mol. The molecule has 2 aromatic rings. The van der Waals surface area contributed by atoms with E-state index in [1.54, 1.807) is 19.1 Å². The first-order valence-electron chi connectivity index (χ1n) is 10.2. The van der Waals surface area contributed by atoms with Crippen molar-refractivity contribution < 1.29 is 14.7 Å². The van der Waals surface area contributed by atoms with E-state index in [9.17, 15) is 14.7 Å². The number of hydrogen-bond donors (Lipinski definition) is 2. The summed E-state index contributed by atoms with van der Waals surface area (Å²) in [7, 11) is 0. The van der Waals surface area contributed by atoms with Gasteiger partial charge in [-0.3, -0.25) is 14.5 Å². The second kappa shape index (κ2) is 10.1. The monoisotopic (exact) mass is 395 g/mol. The van der Waals surface area contributed by atoms with Gasteiger partial charge in [0.05, 0.1) is 0 Å². The zero-order valence-electron chi connectivity index (χ0n) is 16.9. The number of amides is 2. The van der Waals surface area contributed by atoms with E-state index in [2.05, 4.69) is 10.2 Å². The van der Waals surface area contributed by atoms with E-state index in [0.29, 0.717) is 6.42 Å². The topological polar surface area (TPSA) is 72.9 Å². The van der Waals surface area contributed by atoms with Gasteiger partial charge in [-0.1, -0.05) is 24.3 Å². The number of phenols is 1. The lowest BCUT2D eigenvalue weighted by Gasteiger charge is -2.34. The standard InChI is InChI=1S/C23H29N3O3/c1-18(27)26-15-13-25(14-16-26)12-3-2-7-23(29)24-21-10-8-19(9-11-21)20-5-4-6-22(28)17-20/h4-6,8-11,17,28H,2-3,7,12-16H2,1H3,(H,24,29). The van der Waals surface area contributed by atoms with Gasteiger partial charge in [0.15, 0.2) is 0 Å². The second-order valence-electron chi connectivity index (χ2n) is 7.48. The maximum atomic E-state index is 12.2. The van der Waals surface area contributed by atoms with Gasteiger partial charge in [0.2, 0.25) is 11.8 Å². The highest BCUT2D eigenvalue weighted by molar-refractivity contribution is 5.91. The molecule has 0 radical (unpaired) electrons. The van der Waals surface area contributed by atoms with Gasteiger partial charge < -0.3 is 15.3 Å². The lowest BCUT2D eigenvalue weighted by Crippen LogP contribution is -2.48. The number of phenolic OH excluding ortho intramolecular Hbond substituents is 1. The molecular formula is C23H29N3O3. The molecule has 0 saturated carbocycles. The Labute approximate surface area is 172 Å². The molecule has 1 fully saturated rings. The quantitative estimate of drug-likeness (QED) is 0.706. The number of hydrogen-bond acceptors (Lipinski definition) is 4. The number of carbonyl (C=O) groups excluding carboxylic acids is 2. The van der Waals surface area contributed by atoms with E-state index in [1.807, 2.05) is 41.3 Å². The Kier molecular flexibility index (Phi) is 7.25. The van der Waals surface area contributed by atoms with Crippen LogP contribution in [0.4, 0.5) is 5.69 Å². The van der Waals surface area contributed by atoms with Crippen molar-refractivity contribution in [3.05, 3.63) is 48.5 Å². The first-order chi connectivity index (χ1) is 14.0. The molecule has 1 heterocycles. The predicted octanol–water partition coefficient (Wildman–Crippen LogP) is 3.33. The van der Waals surface area contributed by atoms with Crippen molar-refractivity contribution in [2.75, 3.05) is 38.0 Å². The first kappa shape index (κ1) is 20.9. The number of unbranched alkanes of at least 4 members (excludes halogenated alkanes) is 1. The van der Waals surface area contributed by atoms with Crippen LogP contribution in [-0.4, -0.2) is 59.4 Å². The summed E-state index contributed by atoms with van der Waals surface area (Å²) < 4.78 is 0. The Hall–Kier alpha value is -2.86. The molecule has 0 spiro atoms. The fraction of sp³-hybridized carbons (Fsp3) is 0.391. The highest BCUT2D eigenvalue weighted by atomic mass is 16.3. The number of aromatic hydroxyl groups is 1. The van der Waals surface area contributed by atoms with Gasteiger partial charge in [0, 0.05) is 45.2 Å². The zero-order valence-corrected chi connectivity index (χ0v) is 16.9. The Morgan fingerprint density at radius 2 is 1.69 bits per heavy atom. The Balaban J connectivity index is 1.36. The van der Waals surface area contributed by atoms with Crippen LogP contribution in [0, 0.1) is 0 Å². The van der Waals surface area contributed by atoms with E-state index < -0.39 is 0 Å². The fourth-order valence-electron chi connectivity index (χ4n) is 3.56. The molecule has 154 valence electrons. The molecule has 2 amide bonds. The maximum Gasteiger partial charge on any atom is 0.224 e. The van der Waals surface area contributed by atoms with E-state index in [1.165, 1.54) is 0 Å². The van der Waals surface area contributed by atoms with Crippen molar-refractivity contribution in [1.29, 1.82) is 0 Å². The minimum atomic E-state index is 0.0245. The molecular weight excluding hydrogens is 366 g/mol. The molecule has 1 aliphatic rings. The number of nitrogens with one attached hydrogen (secondary N) is 1. The lowest BCUT2D eigenvalue weighted by atomic mass is 10.1. The normalized spacial score (nSPS) is 14.6. The smallest absolute Gasteiger partial charge is 0.224 e. The van der Waals surface area contributed by atoms with E-state index >= 15 is 0 Å². The molecule has 1 aliphatic heterocycles. The molecule has 6 heteroatoms. The molecule has 29 heavy (non-hydrogen) atoms. The van der Waals surface area contributed by atoms with Gasteiger partial charge in [-0.05, 0) is 54.8 Å². The molecule has 3 rings (SSSR count). The van der Waals surface area contributed by atoms with Gasteiger partial charge >= 0.3 is 0 Å². The van der Waals surface area contributed by atoms with Crippen LogP contribution in [0.2, 0.25) is 0 Å². The largest absolute Gasteiger partial charge is 0.508 e. The van der Waals surface area contributed by atoms with Gasteiger partial charge in [-0.25, -0.2) is 0 Å². The third-order valence-electron chi connectivity index (χ3n) is 5.29. The number of benzene rings is 2. The van der Waals surface area contributed by atoms with Crippen LogP contribution in [-0.2, 0) is 9.59 Å². The molecule has 2 N–H and O–H groups in total. The Bertz CT molecular complexity index is 828. The Morgan fingerprint density at radius 3 is 2.34 bits per heavy atom. The summed E-state index contributed by atoms with van der Waals surface area (Å²) in [5, 5.41) is 12.5. The van der Waals surface area contributed by atoms with Crippen LogP contribution < -0.4 is 5.32 Å². The number of carbonyl (C=O) groups is 2. The van der Waals surface area contributed by atoms with Crippen molar-refractivity contribution >= 4 is 17.5 Å². The zero-order chi connectivity index (χ0) is 20.6. The molecule has 0 aliphatic carbocycles. The van der Waals surface area contributed by atoms with Gasteiger partial charge in [0.25, 0.3) is 0 Å². The minimum Gasteiger partial charge on any atom is -0.508 e. The maximum absolute atomic E-state index is 12.2. The van der Waals surface area contributed by atoms with Gasteiger partial charge in [-0.15, -0.1) is 0 Å². The first-order valence-corrected chi connectivity index (χ1v) is 10.2. The number of piperazine rings is 1. The summed E-state index contributed by atoms with van der Waals surface area (Å²) >= 11 is 0. The summed E-state index contributed by atoms with van der Waals surface area (Å²) in [5.74, 6) is 0.411. The highest BCUT2D eigenvalue weighted by Crippen LogP contribution is 2.24. The van der Waals surface area contributed by atoms with Crippen LogP contribution in [0.1, 0.15) is 26.2 Å². The van der Waals surface area contributed by atoms with Crippen LogP contribution in [0.15, 0.2) is 48.5 Å². The van der Waals surface area contributed by atoms with Crippen molar-refractivity contribution in [3.63, 3.8) is 0 Å². The highest BCUT2D eigenvalue weighted by Gasteiger charge is 2.17. The number of rotatable bonds is 7. The molecule has 0 atom stereocenters. The second-order valence-corrected chi connectivity index (χ2v) is 7.48. The minimum absolute atomic E-state index is 0.0245. The summed E-state index contributed by atoms with van der Waals surface area (Å²) in [5.41, 5.74) is 2.70. The van der Waals surface area contributed by atoms with Crippen LogP contribution >= 0.6 is 0 Å². The summed E-state index contributed by atoms with van der Waals surface area (Å²) in [4.78, 5) is 27.8. The average Bonchev–Trinajstić information content (AvgIpc) is 2.72. The van der Waals surface area contributed by atoms with E-state index in [-0.39, 0.29) is 17.6 Å². The fourth-order valence-corrected chi connectivity index (χ4v) is 3.56. The van der Waals surface area contributed by atoms with E-state index in [0.717, 1.165) is 62.4 Å². The van der Waals surface area contributed by atoms with Crippen molar-refractivity contribution in [2.45, 2.75) is 26.2 Å². The van der Waals surface area contributed by atoms with E-state index in [4.69, 9.17) is 0 Å². The summed E-state index contributed by atoms with van der Waals surface area (Å²) in [6, 6.07) is 14.7. The van der Waals surface area contributed by atoms with Crippen LogP contribution in [0.25, 0.3) is 11.1 Å². The molecule has 0 unspecified atom stereocenters. The molecule has 6 nitrogen and oxygen atoms in total. The van der Waals surface area contributed by atoms with Crippen LogP contribution in [0.3, 0.4) is 0 Å². The molecule has 1 saturated heterocycles. The van der Waals surface area contributed by atoms with Gasteiger partial charge in [-0.2, -0.15) is 0 Å². The molecule has 0 bridgehead atoms. The van der Waals surface area contributed by atoms with Gasteiger partial charge in [0.1, 0.15) is 5.75 Å². The van der Waals surface area contributed by atoms with Crippen molar-refractivity contribution in [2.24, 2.45) is 0 Å². The van der Waals surface area contributed by atoms with Crippen molar-refractivity contribution in [3.8, 4) is 16.9 Å². The molecule has 2 aromatic carbocycles. The third kappa shape index (κ3) is 6.32. The summed E-state index contributed by atoms with van der Waals surface area (Å²) in [6.07, 6.45) is 2.33. The number of anilines is 1. The van der Waals surface area contributed by atoms with Crippen LogP contribution in [0.5, 0.6) is 5.75 Å². The number of nitrogens with zero attached hydrogens (tertiary/aromatic N) is 2. The molecule has 0 aromatic heterocycles. The van der Waals surface area contributed by atoms with Crippen molar-refractivity contribution in [1.82, 2.24) is 9.80 Å². The predicted molar refractivity (Wildman–Crippen MR) is 115 cm³/mol. The SMILES string of the molecule is CC(=O)N1CCN(CCCCC(=O)Nc2ccc(-c3cccc(O)c3)cc2)CC1. The summed E-state index contributed by atoms with van der Waals surface area (Å²) in [6.45, 7) is 6.02. The Morgan fingerprint density at radius 1 is 0.966 bits per heavy atom.